The van der Waals surface area contributed by atoms with Crippen molar-refractivity contribution in [2.24, 2.45) is 5.92 Å². The van der Waals surface area contributed by atoms with Crippen molar-refractivity contribution >= 4 is 29.5 Å². The Kier molecular flexibility index (Phi) is 6.15. The van der Waals surface area contributed by atoms with Gasteiger partial charge in [-0.15, -0.1) is 0 Å². The van der Waals surface area contributed by atoms with Gasteiger partial charge in [-0.25, -0.2) is 9.69 Å². The molecular formula is C27H29N3O6. The highest BCUT2D eigenvalue weighted by molar-refractivity contribution is 6.06. The number of hydrogen-bond acceptors (Lipinski definition) is 6. The predicted molar refractivity (Wildman–Crippen MR) is 130 cm³/mol. The Morgan fingerprint density at radius 3 is 2.61 bits per heavy atom. The van der Waals surface area contributed by atoms with Gasteiger partial charge in [-0.2, -0.15) is 0 Å². The lowest BCUT2D eigenvalue weighted by Crippen LogP contribution is -2.48. The van der Waals surface area contributed by atoms with E-state index < -0.39 is 17.6 Å². The minimum atomic E-state index is -1.55. The van der Waals surface area contributed by atoms with Gasteiger partial charge in [-0.1, -0.05) is 30.3 Å². The smallest absolute Gasteiger partial charge is 0.418 e. The molecule has 1 saturated carbocycles. The zero-order chi connectivity index (χ0) is 25.4. The average Bonchev–Trinajstić information content (AvgIpc) is 3.67. The van der Waals surface area contributed by atoms with E-state index in [1.54, 1.807) is 23.1 Å². The summed E-state index contributed by atoms with van der Waals surface area (Å²) >= 11 is 0. The number of imide groups is 1. The van der Waals surface area contributed by atoms with Crippen molar-refractivity contribution in [1.82, 2.24) is 9.80 Å². The van der Waals surface area contributed by atoms with Gasteiger partial charge in [0.05, 0.1) is 6.61 Å². The topological polar surface area (TPSA) is 105 Å². The molecule has 188 valence electrons. The van der Waals surface area contributed by atoms with Crippen molar-refractivity contribution in [2.45, 2.75) is 51.3 Å². The molecule has 36 heavy (non-hydrogen) atoms. The highest BCUT2D eigenvalue weighted by Gasteiger charge is 2.58. The normalized spacial score (nSPS) is 21.4. The van der Waals surface area contributed by atoms with Crippen molar-refractivity contribution in [3.05, 3.63) is 59.7 Å². The van der Waals surface area contributed by atoms with Crippen LogP contribution in [0.1, 0.15) is 44.2 Å². The van der Waals surface area contributed by atoms with Crippen molar-refractivity contribution in [1.29, 1.82) is 0 Å². The number of hydrogen-bond donors (Lipinski definition) is 1. The number of ether oxygens (including phenoxy) is 2. The van der Waals surface area contributed by atoms with Gasteiger partial charge in [0.2, 0.25) is 17.4 Å². The Bertz CT molecular complexity index is 1210. The fourth-order valence-corrected chi connectivity index (χ4v) is 5.01. The van der Waals surface area contributed by atoms with E-state index in [0.717, 1.165) is 23.3 Å². The molecule has 3 aliphatic rings. The Morgan fingerprint density at radius 2 is 1.92 bits per heavy atom. The van der Waals surface area contributed by atoms with Crippen molar-refractivity contribution in [3.8, 4) is 5.75 Å². The SMILES string of the molecule is CC(=O)Nc1ccc2c(c1)OCCC21OC(=O)N(CC(=O)N(Cc2ccccc2)[C@@H](C)C2CC2)C1=O. The monoisotopic (exact) mass is 491 g/mol. The molecule has 2 fully saturated rings. The first-order valence-corrected chi connectivity index (χ1v) is 12.2. The second-order valence-electron chi connectivity index (χ2n) is 9.66. The molecule has 1 saturated heterocycles. The third kappa shape index (κ3) is 4.41. The molecule has 0 aromatic heterocycles. The quantitative estimate of drug-likeness (QED) is 0.636. The lowest BCUT2D eigenvalue weighted by Gasteiger charge is -2.32. The zero-order valence-corrected chi connectivity index (χ0v) is 20.4. The number of anilines is 1. The molecule has 2 aromatic rings. The molecule has 4 amide bonds. The molecule has 9 heteroatoms. The number of nitrogens with zero attached hydrogens (tertiary/aromatic N) is 2. The molecule has 1 spiro atoms. The van der Waals surface area contributed by atoms with Crippen LogP contribution in [-0.4, -0.2) is 52.8 Å². The lowest BCUT2D eigenvalue weighted by molar-refractivity contribution is -0.144. The van der Waals surface area contributed by atoms with Gasteiger partial charge in [-0.3, -0.25) is 14.4 Å². The standard InChI is InChI=1S/C27H29N3O6/c1-17(20-8-9-20)29(15-19-6-4-3-5-7-19)24(32)16-30-25(33)27(36-26(30)34)12-13-35-23-14-21(28-18(2)31)10-11-22(23)27/h3-7,10-11,14,17,20H,8-9,12-13,15-16H2,1-2H3,(H,28,31)/t17-,27?/m0/s1. The van der Waals surface area contributed by atoms with Gasteiger partial charge >= 0.3 is 6.09 Å². The molecule has 0 radical (unpaired) electrons. The molecule has 1 unspecified atom stereocenters. The molecule has 5 rings (SSSR count). The number of nitrogens with one attached hydrogen (secondary N) is 1. The van der Waals surface area contributed by atoms with E-state index in [-0.39, 0.29) is 37.4 Å². The molecule has 2 aromatic carbocycles. The molecule has 9 nitrogen and oxygen atoms in total. The second-order valence-corrected chi connectivity index (χ2v) is 9.66. The van der Waals surface area contributed by atoms with E-state index in [4.69, 9.17) is 9.47 Å². The summed E-state index contributed by atoms with van der Waals surface area (Å²) in [6.45, 7) is 3.58. The Hall–Kier alpha value is -3.88. The van der Waals surface area contributed by atoms with Crippen LogP contribution in [0.25, 0.3) is 0 Å². The van der Waals surface area contributed by atoms with Crippen LogP contribution in [0.15, 0.2) is 48.5 Å². The molecule has 0 bridgehead atoms. The maximum absolute atomic E-state index is 13.6. The van der Waals surface area contributed by atoms with E-state index >= 15 is 0 Å². The molecule has 2 atom stereocenters. The summed E-state index contributed by atoms with van der Waals surface area (Å²) in [7, 11) is 0. The third-order valence-electron chi connectivity index (χ3n) is 7.13. The summed E-state index contributed by atoms with van der Waals surface area (Å²) in [6.07, 6.45) is 1.42. The van der Waals surface area contributed by atoms with Gasteiger partial charge in [-0.05, 0) is 43.4 Å². The van der Waals surface area contributed by atoms with Crippen LogP contribution < -0.4 is 10.1 Å². The number of carbonyl (C=O) groups is 4. The van der Waals surface area contributed by atoms with Gasteiger partial charge < -0.3 is 19.7 Å². The van der Waals surface area contributed by atoms with Crippen LogP contribution >= 0.6 is 0 Å². The third-order valence-corrected chi connectivity index (χ3v) is 7.13. The number of benzene rings is 2. The number of rotatable bonds is 7. The van der Waals surface area contributed by atoms with Crippen LogP contribution in [0, 0.1) is 5.92 Å². The van der Waals surface area contributed by atoms with Gasteiger partial charge in [0, 0.05) is 43.2 Å². The minimum absolute atomic E-state index is 0.00334. The number of carbonyl (C=O) groups excluding carboxylic acids is 4. The maximum atomic E-state index is 13.6. The van der Waals surface area contributed by atoms with Crippen LogP contribution in [0.5, 0.6) is 5.75 Å². The maximum Gasteiger partial charge on any atom is 0.418 e. The first kappa shape index (κ1) is 23.8. The largest absolute Gasteiger partial charge is 0.493 e. The van der Waals surface area contributed by atoms with Crippen LogP contribution in [-0.2, 0) is 31.3 Å². The van der Waals surface area contributed by atoms with Gasteiger partial charge in [0.15, 0.2) is 0 Å². The Morgan fingerprint density at radius 1 is 1.17 bits per heavy atom. The molecule has 2 heterocycles. The minimum Gasteiger partial charge on any atom is -0.493 e. The first-order chi connectivity index (χ1) is 17.3. The van der Waals surface area contributed by atoms with Gasteiger partial charge in [0.25, 0.3) is 5.91 Å². The zero-order valence-electron chi connectivity index (χ0n) is 20.4. The van der Waals surface area contributed by atoms with E-state index in [1.807, 2.05) is 37.3 Å². The van der Waals surface area contributed by atoms with Crippen molar-refractivity contribution in [3.63, 3.8) is 0 Å². The van der Waals surface area contributed by atoms with E-state index in [0.29, 0.717) is 29.5 Å². The summed E-state index contributed by atoms with van der Waals surface area (Å²) in [6, 6.07) is 14.5. The first-order valence-electron chi connectivity index (χ1n) is 12.2. The highest BCUT2D eigenvalue weighted by atomic mass is 16.6. The molecular weight excluding hydrogens is 462 g/mol. The van der Waals surface area contributed by atoms with Crippen molar-refractivity contribution in [2.75, 3.05) is 18.5 Å². The van der Waals surface area contributed by atoms with Crippen LogP contribution in [0.4, 0.5) is 10.5 Å². The summed E-state index contributed by atoms with van der Waals surface area (Å²) in [5, 5.41) is 2.67. The summed E-state index contributed by atoms with van der Waals surface area (Å²) < 4.78 is 11.4. The van der Waals surface area contributed by atoms with Crippen LogP contribution in [0.3, 0.4) is 0 Å². The van der Waals surface area contributed by atoms with E-state index in [1.165, 1.54) is 6.92 Å². The molecule has 1 aliphatic carbocycles. The Balaban J connectivity index is 1.38. The summed E-state index contributed by atoms with van der Waals surface area (Å²) in [5.41, 5.74) is 0.348. The average molecular weight is 492 g/mol. The fraction of sp³-hybridized carbons (Fsp3) is 0.407. The molecule has 2 aliphatic heterocycles. The van der Waals surface area contributed by atoms with Crippen LogP contribution in [0.2, 0.25) is 0 Å². The molecule has 1 N–H and O–H groups in total. The summed E-state index contributed by atoms with van der Waals surface area (Å²) in [4.78, 5) is 54.1. The predicted octanol–water partition coefficient (Wildman–Crippen LogP) is 3.43. The van der Waals surface area contributed by atoms with Gasteiger partial charge in [0.1, 0.15) is 12.3 Å². The van der Waals surface area contributed by atoms with Crippen molar-refractivity contribution < 1.29 is 28.7 Å². The lowest BCUT2D eigenvalue weighted by atomic mass is 9.87. The number of amides is 4. The van der Waals surface area contributed by atoms with E-state index in [2.05, 4.69) is 5.32 Å². The Labute approximate surface area is 209 Å². The second kappa shape index (κ2) is 9.29. The highest BCUT2D eigenvalue weighted by Crippen LogP contribution is 2.46. The fourth-order valence-electron chi connectivity index (χ4n) is 5.01. The van der Waals surface area contributed by atoms with E-state index in [9.17, 15) is 19.2 Å². The number of fused-ring (bicyclic) bond motifs is 2. The summed E-state index contributed by atoms with van der Waals surface area (Å²) in [5.74, 6) is -0.334.